The quantitative estimate of drug-likeness (QED) is 0.793. The molecule has 1 aromatic rings. The molecule has 5 atom stereocenters. The van der Waals surface area contributed by atoms with Gasteiger partial charge in [0.2, 0.25) is 0 Å². The molecule has 1 aromatic carbocycles. The molecule has 3 fully saturated rings. The van der Waals surface area contributed by atoms with Crippen molar-refractivity contribution >= 4 is 0 Å². The van der Waals surface area contributed by atoms with E-state index in [1.54, 1.807) is 0 Å². The molecule has 0 saturated carbocycles. The lowest BCUT2D eigenvalue weighted by molar-refractivity contribution is -0.221. The average molecular weight is 292 g/mol. The van der Waals surface area contributed by atoms with Gasteiger partial charge < -0.3 is 23.7 Å². The van der Waals surface area contributed by atoms with Crippen LogP contribution < -0.4 is 0 Å². The van der Waals surface area contributed by atoms with Crippen molar-refractivity contribution in [1.82, 2.24) is 0 Å². The van der Waals surface area contributed by atoms with Gasteiger partial charge in [0.05, 0.1) is 13.2 Å². The van der Waals surface area contributed by atoms with E-state index in [1.165, 1.54) is 0 Å². The third-order valence-electron chi connectivity index (χ3n) is 4.04. The zero-order chi connectivity index (χ0) is 14.4. The Bertz CT molecular complexity index is 499. The summed E-state index contributed by atoms with van der Waals surface area (Å²) in [6.45, 7) is 5.04. The fourth-order valence-corrected chi connectivity index (χ4v) is 3.01. The fourth-order valence-electron chi connectivity index (χ4n) is 3.01. The molecule has 5 nitrogen and oxygen atoms in total. The Morgan fingerprint density at radius 2 is 1.90 bits per heavy atom. The van der Waals surface area contributed by atoms with Crippen molar-refractivity contribution in [2.75, 3.05) is 6.61 Å². The highest BCUT2D eigenvalue weighted by molar-refractivity contribution is 5.13. The monoisotopic (exact) mass is 292 g/mol. The zero-order valence-corrected chi connectivity index (χ0v) is 12.2. The van der Waals surface area contributed by atoms with Gasteiger partial charge in [0.1, 0.15) is 24.4 Å². The molecule has 0 spiro atoms. The van der Waals surface area contributed by atoms with Gasteiger partial charge in [-0.2, -0.15) is 0 Å². The fraction of sp³-hybridized carbons (Fsp3) is 0.625. The molecule has 0 N–H and O–H groups in total. The highest BCUT2D eigenvalue weighted by Crippen LogP contribution is 2.42. The first-order chi connectivity index (χ1) is 10.1. The summed E-state index contributed by atoms with van der Waals surface area (Å²) in [6.07, 6.45) is -0.733. The van der Waals surface area contributed by atoms with E-state index in [-0.39, 0.29) is 30.7 Å². The maximum atomic E-state index is 6.10. The first kappa shape index (κ1) is 13.7. The SMILES string of the molecule is CC1(C)O[C@H]2O[C@H]([C@@H]3CO3)[C@H](OCc3ccccc3)[C@H]2O1. The molecule has 21 heavy (non-hydrogen) atoms. The standard InChI is InChI=1S/C16H20O5/c1-16(2)20-14-13(18-8-10-6-4-3-5-7-10)12(11-9-17-11)19-15(14)21-16/h3-7,11-15H,8-9H2,1-2H3/t11-,12+,13-,14+,15+/m0/s1. The predicted octanol–water partition coefficient (Wildman–Crippen LogP) is 1.85. The number of hydrogen-bond acceptors (Lipinski definition) is 5. The van der Waals surface area contributed by atoms with Crippen LogP contribution in [0.3, 0.4) is 0 Å². The van der Waals surface area contributed by atoms with E-state index in [0.717, 1.165) is 12.2 Å². The van der Waals surface area contributed by atoms with Crippen molar-refractivity contribution in [2.45, 2.75) is 56.9 Å². The minimum atomic E-state index is -0.626. The van der Waals surface area contributed by atoms with E-state index < -0.39 is 5.79 Å². The molecule has 0 aromatic heterocycles. The van der Waals surface area contributed by atoms with E-state index in [1.807, 2.05) is 44.2 Å². The predicted molar refractivity (Wildman–Crippen MR) is 73.5 cm³/mol. The highest BCUT2D eigenvalue weighted by Gasteiger charge is 2.59. The van der Waals surface area contributed by atoms with Crippen LogP contribution in [0.5, 0.6) is 0 Å². The Hall–Kier alpha value is -0.980. The summed E-state index contributed by atoms with van der Waals surface area (Å²) < 4.78 is 29.2. The molecule has 3 aliphatic heterocycles. The van der Waals surface area contributed by atoms with Crippen LogP contribution in [0.15, 0.2) is 30.3 Å². The first-order valence-electron chi connectivity index (χ1n) is 7.41. The summed E-state index contributed by atoms with van der Waals surface area (Å²) in [5.41, 5.74) is 1.13. The minimum absolute atomic E-state index is 0.103. The van der Waals surface area contributed by atoms with E-state index in [2.05, 4.69) is 0 Å². The van der Waals surface area contributed by atoms with Crippen LogP contribution in [0.1, 0.15) is 19.4 Å². The van der Waals surface area contributed by atoms with Crippen LogP contribution >= 0.6 is 0 Å². The lowest BCUT2D eigenvalue weighted by Crippen LogP contribution is -2.39. The van der Waals surface area contributed by atoms with Crippen LogP contribution in [0.25, 0.3) is 0 Å². The molecule has 0 aliphatic carbocycles. The summed E-state index contributed by atoms with van der Waals surface area (Å²) >= 11 is 0. The van der Waals surface area contributed by atoms with Gasteiger partial charge in [0.25, 0.3) is 0 Å². The van der Waals surface area contributed by atoms with E-state index in [9.17, 15) is 0 Å². The normalized spacial score (nSPS) is 40.2. The molecule has 0 radical (unpaired) electrons. The Morgan fingerprint density at radius 1 is 1.14 bits per heavy atom. The number of fused-ring (bicyclic) bond motifs is 1. The molecule has 5 heteroatoms. The molecule has 3 aliphatic rings. The van der Waals surface area contributed by atoms with Crippen molar-refractivity contribution in [3.05, 3.63) is 35.9 Å². The smallest absolute Gasteiger partial charge is 0.190 e. The van der Waals surface area contributed by atoms with Crippen molar-refractivity contribution in [2.24, 2.45) is 0 Å². The molecule has 0 bridgehead atoms. The molecule has 4 rings (SSSR count). The maximum absolute atomic E-state index is 6.10. The van der Waals surface area contributed by atoms with Crippen molar-refractivity contribution in [3.63, 3.8) is 0 Å². The van der Waals surface area contributed by atoms with Crippen LogP contribution in [0, 0.1) is 0 Å². The lowest BCUT2D eigenvalue weighted by Gasteiger charge is -2.25. The Labute approximate surface area is 124 Å². The molecule has 114 valence electrons. The average Bonchev–Trinajstić information content (AvgIpc) is 3.18. The second-order valence-corrected chi connectivity index (χ2v) is 6.20. The lowest BCUT2D eigenvalue weighted by atomic mass is 10.1. The van der Waals surface area contributed by atoms with Gasteiger partial charge in [-0.3, -0.25) is 0 Å². The van der Waals surface area contributed by atoms with Crippen LogP contribution in [-0.2, 0) is 30.3 Å². The Balaban J connectivity index is 1.47. The van der Waals surface area contributed by atoms with Crippen molar-refractivity contribution in [1.29, 1.82) is 0 Å². The molecule has 3 heterocycles. The first-order valence-corrected chi connectivity index (χ1v) is 7.41. The second-order valence-electron chi connectivity index (χ2n) is 6.20. The summed E-state index contributed by atoms with van der Waals surface area (Å²) in [5.74, 6) is -0.626. The largest absolute Gasteiger partial charge is 0.370 e. The second kappa shape index (κ2) is 5.04. The maximum Gasteiger partial charge on any atom is 0.190 e. The molecular formula is C16H20O5. The summed E-state index contributed by atoms with van der Waals surface area (Å²) in [5, 5.41) is 0. The summed E-state index contributed by atoms with van der Waals surface area (Å²) in [7, 11) is 0. The van der Waals surface area contributed by atoms with Crippen LogP contribution in [0.2, 0.25) is 0 Å². The van der Waals surface area contributed by atoms with Crippen LogP contribution in [0.4, 0.5) is 0 Å². The van der Waals surface area contributed by atoms with E-state index in [4.69, 9.17) is 23.7 Å². The van der Waals surface area contributed by atoms with Gasteiger partial charge in [-0.25, -0.2) is 0 Å². The third kappa shape index (κ3) is 2.72. The van der Waals surface area contributed by atoms with E-state index in [0.29, 0.717) is 6.61 Å². The Morgan fingerprint density at radius 3 is 2.62 bits per heavy atom. The summed E-state index contributed by atoms with van der Waals surface area (Å²) in [4.78, 5) is 0. The van der Waals surface area contributed by atoms with Gasteiger partial charge >= 0.3 is 0 Å². The zero-order valence-electron chi connectivity index (χ0n) is 12.2. The van der Waals surface area contributed by atoms with Crippen molar-refractivity contribution in [3.8, 4) is 0 Å². The highest BCUT2D eigenvalue weighted by atomic mass is 16.8. The van der Waals surface area contributed by atoms with E-state index >= 15 is 0 Å². The Kier molecular flexibility index (Phi) is 3.28. The molecular weight excluding hydrogens is 272 g/mol. The van der Waals surface area contributed by atoms with Gasteiger partial charge in [-0.15, -0.1) is 0 Å². The van der Waals surface area contributed by atoms with Gasteiger partial charge in [0, 0.05) is 0 Å². The number of benzene rings is 1. The molecule has 3 saturated heterocycles. The van der Waals surface area contributed by atoms with Gasteiger partial charge in [-0.05, 0) is 19.4 Å². The van der Waals surface area contributed by atoms with Crippen molar-refractivity contribution < 1.29 is 23.7 Å². The summed E-state index contributed by atoms with van der Waals surface area (Å²) in [6, 6.07) is 10.1. The van der Waals surface area contributed by atoms with Gasteiger partial charge in [-0.1, -0.05) is 30.3 Å². The number of epoxide rings is 1. The molecule has 0 amide bonds. The molecule has 0 unspecified atom stereocenters. The minimum Gasteiger partial charge on any atom is -0.370 e. The third-order valence-corrected chi connectivity index (χ3v) is 4.04. The van der Waals surface area contributed by atoms with Crippen LogP contribution in [-0.4, -0.2) is 43.1 Å². The van der Waals surface area contributed by atoms with Gasteiger partial charge in [0.15, 0.2) is 12.1 Å². The number of hydrogen-bond donors (Lipinski definition) is 0. The number of rotatable bonds is 4. The number of ether oxygens (including phenoxy) is 5. The topological polar surface area (TPSA) is 49.5 Å².